The van der Waals surface area contributed by atoms with Gasteiger partial charge in [-0.1, -0.05) is 0 Å². The van der Waals surface area contributed by atoms with E-state index in [1.807, 2.05) is 4.98 Å². The minimum Gasteiger partial charge on any atom is -0.356 e. The Kier molecular flexibility index (Phi) is 2.62. The summed E-state index contributed by atoms with van der Waals surface area (Å²) in [4.78, 5) is 23.9. The highest BCUT2D eigenvalue weighted by atomic mass is 35.5. The Morgan fingerprint density at radius 3 is 2.93 bits per heavy atom. The molecule has 82 valence electrons. The van der Waals surface area contributed by atoms with Crippen LogP contribution in [0.5, 0.6) is 0 Å². The van der Waals surface area contributed by atoms with E-state index in [-0.39, 0.29) is 0 Å². The third kappa shape index (κ3) is 1.82. The van der Waals surface area contributed by atoms with Crippen LogP contribution in [0.3, 0.4) is 0 Å². The van der Waals surface area contributed by atoms with E-state index in [4.69, 9.17) is 16.3 Å². The minimum atomic E-state index is -1.04. The van der Waals surface area contributed by atoms with Crippen LogP contribution in [0.1, 0.15) is 12.6 Å². The molecule has 0 saturated carbocycles. The molecule has 1 aliphatic heterocycles. The molecular formula is C8H8ClFN2O3. The van der Waals surface area contributed by atoms with E-state index in [1.54, 1.807) is 0 Å². The number of hydrogen-bond donors (Lipinski definition) is 1. The van der Waals surface area contributed by atoms with Crippen LogP contribution in [0.25, 0.3) is 0 Å². The molecule has 7 heteroatoms. The van der Waals surface area contributed by atoms with Gasteiger partial charge in [0.25, 0.3) is 5.56 Å². The van der Waals surface area contributed by atoms with Gasteiger partial charge in [-0.3, -0.25) is 14.3 Å². The number of ether oxygens (including phenoxy) is 1. The molecule has 2 heterocycles. The zero-order valence-corrected chi connectivity index (χ0v) is 8.33. The fourth-order valence-electron chi connectivity index (χ4n) is 1.45. The number of aromatic nitrogens is 2. The lowest BCUT2D eigenvalue weighted by atomic mass is 10.3. The Labute approximate surface area is 88.4 Å². The van der Waals surface area contributed by atoms with Gasteiger partial charge >= 0.3 is 5.69 Å². The Morgan fingerprint density at radius 1 is 1.60 bits per heavy atom. The largest absolute Gasteiger partial charge is 0.356 e. The van der Waals surface area contributed by atoms with Crippen molar-refractivity contribution in [3.8, 4) is 0 Å². The third-order valence-electron chi connectivity index (χ3n) is 2.19. The lowest BCUT2D eigenvalue weighted by molar-refractivity contribution is 0.0533. The predicted octanol–water partition coefficient (Wildman–Crippen LogP) is 0.202. The number of nitrogens with zero attached hydrogens (tertiary/aromatic N) is 1. The maximum Gasteiger partial charge on any atom is 0.330 e. The van der Waals surface area contributed by atoms with Crippen LogP contribution in [0.4, 0.5) is 4.39 Å². The summed E-state index contributed by atoms with van der Waals surface area (Å²) >= 11 is 5.88. The average Bonchev–Trinajstić information content (AvgIpc) is 2.58. The Balaban J connectivity index is 2.48. The molecule has 0 radical (unpaired) electrons. The van der Waals surface area contributed by atoms with Gasteiger partial charge in [0.2, 0.25) is 5.82 Å². The molecule has 2 rings (SSSR count). The molecule has 0 amide bonds. The van der Waals surface area contributed by atoms with Crippen molar-refractivity contribution >= 4 is 11.6 Å². The van der Waals surface area contributed by atoms with Gasteiger partial charge in [0, 0.05) is 0 Å². The van der Waals surface area contributed by atoms with Gasteiger partial charge in [0.1, 0.15) is 0 Å². The van der Waals surface area contributed by atoms with Crippen LogP contribution in [0.2, 0.25) is 0 Å². The number of alkyl halides is 1. The van der Waals surface area contributed by atoms with Crippen LogP contribution >= 0.6 is 11.6 Å². The maximum absolute atomic E-state index is 12.9. The molecule has 2 atom stereocenters. The van der Waals surface area contributed by atoms with E-state index < -0.39 is 28.7 Å². The standard InChI is InChI=1S/C8H8ClFN2O3/c9-4-1-2-15-7(4)12-3-5(10)6(13)11-8(12)14/h3-4,7H,1-2H2,(H,11,13,14)/t4-,7+/m1/s1. The second kappa shape index (κ2) is 3.79. The SMILES string of the molecule is O=c1[nH]c(=O)n([C@H]2OCC[C@H]2Cl)cc1F. The van der Waals surface area contributed by atoms with Crippen LogP contribution in [-0.2, 0) is 4.74 Å². The summed E-state index contributed by atoms with van der Waals surface area (Å²) in [5.74, 6) is -1.03. The van der Waals surface area contributed by atoms with Crippen molar-refractivity contribution in [1.82, 2.24) is 9.55 Å². The zero-order valence-electron chi connectivity index (χ0n) is 7.57. The zero-order chi connectivity index (χ0) is 11.0. The molecule has 1 aliphatic rings. The number of rotatable bonds is 1. The first-order valence-electron chi connectivity index (χ1n) is 4.36. The molecule has 1 N–H and O–H groups in total. The fourth-order valence-corrected chi connectivity index (χ4v) is 1.74. The van der Waals surface area contributed by atoms with Crippen LogP contribution in [0, 0.1) is 5.82 Å². The van der Waals surface area contributed by atoms with Crippen LogP contribution in [-0.4, -0.2) is 21.5 Å². The first-order valence-corrected chi connectivity index (χ1v) is 4.80. The summed E-state index contributed by atoms with van der Waals surface area (Å²) in [5, 5.41) is -0.395. The van der Waals surface area contributed by atoms with E-state index in [9.17, 15) is 14.0 Å². The van der Waals surface area contributed by atoms with Gasteiger partial charge < -0.3 is 4.74 Å². The van der Waals surface area contributed by atoms with Gasteiger partial charge in [-0.2, -0.15) is 4.39 Å². The molecule has 0 aliphatic carbocycles. The molecule has 0 aromatic carbocycles. The molecule has 1 saturated heterocycles. The number of aromatic amines is 1. The summed E-state index contributed by atoms with van der Waals surface area (Å²) in [6.45, 7) is 0.409. The van der Waals surface area contributed by atoms with Crippen molar-refractivity contribution in [3.63, 3.8) is 0 Å². The van der Waals surface area contributed by atoms with Gasteiger partial charge in [0.15, 0.2) is 6.23 Å². The molecule has 0 bridgehead atoms. The summed E-state index contributed by atoms with van der Waals surface area (Å²) in [6.07, 6.45) is 0.678. The molecule has 1 fully saturated rings. The topological polar surface area (TPSA) is 64.1 Å². The summed E-state index contributed by atoms with van der Waals surface area (Å²) < 4.78 is 19.1. The maximum atomic E-state index is 12.9. The molecule has 5 nitrogen and oxygen atoms in total. The highest BCUT2D eigenvalue weighted by Crippen LogP contribution is 2.26. The second-order valence-corrected chi connectivity index (χ2v) is 3.77. The van der Waals surface area contributed by atoms with Gasteiger partial charge in [0.05, 0.1) is 18.2 Å². The van der Waals surface area contributed by atoms with Gasteiger partial charge in [-0.15, -0.1) is 11.6 Å². The molecule has 15 heavy (non-hydrogen) atoms. The Bertz CT molecular complexity index is 484. The monoisotopic (exact) mass is 234 g/mol. The average molecular weight is 235 g/mol. The molecule has 1 aromatic rings. The first-order chi connectivity index (χ1) is 7.09. The van der Waals surface area contributed by atoms with E-state index in [0.717, 1.165) is 10.8 Å². The predicted molar refractivity (Wildman–Crippen MR) is 50.5 cm³/mol. The van der Waals surface area contributed by atoms with Crippen molar-refractivity contribution < 1.29 is 9.13 Å². The number of nitrogens with one attached hydrogen (secondary N) is 1. The number of hydrogen-bond acceptors (Lipinski definition) is 3. The first kappa shape index (κ1) is 10.4. The molecule has 0 spiro atoms. The third-order valence-corrected chi connectivity index (χ3v) is 2.62. The van der Waals surface area contributed by atoms with Gasteiger partial charge in [-0.05, 0) is 6.42 Å². The summed E-state index contributed by atoms with van der Waals surface area (Å²) in [5.41, 5.74) is -1.76. The van der Waals surface area contributed by atoms with Crippen LogP contribution in [0.15, 0.2) is 15.8 Å². The lowest BCUT2D eigenvalue weighted by Crippen LogP contribution is -2.35. The minimum absolute atomic E-state index is 0.395. The number of halogens is 2. The van der Waals surface area contributed by atoms with Crippen molar-refractivity contribution in [2.24, 2.45) is 0 Å². The number of H-pyrrole nitrogens is 1. The Hall–Kier alpha value is -1.14. The summed E-state index contributed by atoms with van der Waals surface area (Å²) in [7, 11) is 0. The summed E-state index contributed by atoms with van der Waals surface area (Å²) in [6, 6.07) is 0. The van der Waals surface area contributed by atoms with Crippen LogP contribution < -0.4 is 11.2 Å². The normalized spacial score (nSPS) is 25.7. The quantitative estimate of drug-likeness (QED) is 0.706. The van der Waals surface area contributed by atoms with Crippen molar-refractivity contribution in [2.45, 2.75) is 18.0 Å². The van der Waals surface area contributed by atoms with E-state index in [2.05, 4.69) is 0 Å². The Morgan fingerprint density at radius 2 is 2.33 bits per heavy atom. The van der Waals surface area contributed by atoms with Crippen molar-refractivity contribution in [3.05, 3.63) is 32.9 Å². The molecular weight excluding hydrogens is 227 g/mol. The van der Waals surface area contributed by atoms with E-state index >= 15 is 0 Å². The van der Waals surface area contributed by atoms with E-state index in [0.29, 0.717) is 13.0 Å². The molecule has 0 unspecified atom stereocenters. The van der Waals surface area contributed by atoms with Crippen molar-refractivity contribution in [2.75, 3.05) is 6.61 Å². The van der Waals surface area contributed by atoms with E-state index in [1.165, 1.54) is 0 Å². The smallest absolute Gasteiger partial charge is 0.330 e. The van der Waals surface area contributed by atoms with Gasteiger partial charge in [-0.25, -0.2) is 4.79 Å². The second-order valence-electron chi connectivity index (χ2n) is 3.21. The highest BCUT2D eigenvalue weighted by molar-refractivity contribution is 6.20. The molecule has 1 aromatic heterocycles. The highest BCUT2D eigenvalue weighted by Gasteiger charge is 2.29. The lowest BCUT2D eigenvalue weighted by Gasteiger charge is -2.15. The van der Waals surface area contributed by atoms with Crippen molar-refractivity contribution in [1.29, 1.82) is 0 Å². The fraction of sp³-hybridized carbons (Fsp3) is 0.500.